The summed E-state index contributed by atoms with van der Waals surface area (Å²) in [5.74, 6) is 0. The van der Waals surface area contributed by atoms with Gasteiger partial charge in [0.15, 0.2) is 10.5 Å². The first-order chi connectivity index (χ1) is 12.4. The zero-order valence-electron chi connectivity index (χ0n) is 15.1. The molecule has 0 amide bonds. The van der Waals surface area contributed by atoms with Crippen LogP contribution in [0, 0.1) is 0 Å². The summed E-state index contributed by atoms with van der Waals surface area (Å²) in [5, 5.41) is 11.4. The van der Waals surface area contributed by atoms with Crippen molar-refractivity contribution in [1.29, 1.82) is 0 Å². The van der Waals surface area contributed by atoms with Crippen LogP contribution in [0.5, 0.6) is 0 Å². The van der Waals surface area contributed by atoms with E-state index in [1.165, 1.54) is 44.6 Å². The largest absolute Gasteiger partial charge is 0.612 e. The molecule has 1 aromatic carbocycles. The molecule has 0 aliphatic rings. The maximum atomic E-state index is 13.2. The van der Waals surface area contributed by atoms with Crippen LogP contribution in [0.2, 0.25) is 5.15 Å². The van der Waals surface area contributed by atoms with Gasteiger partial charge in [0.25, 0.3) is 0 Å². The summed E-state index contributed by atoms with van der Waals surface area (Å²) in [5.41, 5.74) is -1.27. The van der Waals surface area contributed by atoms with Crippen molar-refractivity contribution < 1.29 is 22.0 Å². The summed E-state index contributed by atoms with van der Waals surface area (Å²) in [4.78, 5) is 4.76. The fourth-order valence-corrected chi connectivity index (χ4v) is 5.24. The summed E-state index contributed by atoms with van der Waals surface area (Å²) < 4.78 is 37.3. The number of alkyl halides is 1. The van der Waals surface area contributed by atoms with Crippen molar-refractivity contribution in [3.8, 4) is 0 Å². The maximum Gasteiger partial charge on any atom is 0.327 e. The molecule has 27 heavy (non-hydrogen) atoms. The monoisotopic (exact) mass is 495 g/mol. The number of nitrogens with zero attached hydrogens (tertiary/aromatic N) is 2. The Morgan fingerprint density at radius 3 is 2.33 bits per heavy atom. The molecule has 0 bridgehead atoms. The minimum Gasteiger partial charge on any atom is -0.612 e. The number of sulfonamides is 1. The molecular weight excluding hydrogens is 476 g/mol. The van der Waals surface area contributed by atoms with Gasteiger partial charge in [-0.15, -0.1) is 0 Å². The summed E-state index contributed by atoms with van der Waals surface area (Å²) in [6.07, 6.45) is 1.53. The first kappa shape index (κ1) is 22.6. The Balaban J connectivity index is 2.40. The zero-order valence-corrected chi connectivity index (χ0v) is 19.1. The average molecular weight is 497 g/mol. The summed E-state index contributed by atoms with van der Waals surface area (Å²) in [6.45, 7) is -0.157. The highest BCUT2D eigenvalue weighted by atomic mass is 79.9. The number of quaternary nitrogens is 1. The van der Waals surface area contributed by atoms with Crippen LogP contribution >= 0.6 is 27.5 Å². The van der Waals surface area contributed by atoms with Crippen LogP contribution in [-0.4, -0.2) is 59.2 Å². The molecule has 0 saturated carbocycles. The zero-order chi connectivity index (χ0) is 20.5. The van der Waals surface area contributed by atoms with Crippen LogP contribution in [0.3, 0.4) is 0 Å². The Labute approximate surface area is 176 Å². The Bertz CT molecular complexity index is 907. The van der Waals surface area contributed by atoms with E-state index < -0.39 is 30.7 Å². The summed E-state index contributed by atoms with van der Waals surface area (Å²) >= 11 is 7.99. The van der Waals surface area contributed by atoms with Gasteiger partial charge in [0.2, 0.25) is 0 Å². The van der Waals surface area contributed by atoms with E-state index in [2.05, 4.69) is 20.9 Å². The van der Waals surface area contributed by atoms with Crippen molar-refractivity contribution in [1.82, 2.24) is 4.98 Å². The van der Waals surface area contributed by atoms with Gasteiger partial charge in [0, 0.05) is 5.33 Å². The van der Waals surface area contributed by atoms with Crippen LogP contribution in [-0.2, 0) is 26.8 Å². The average Bonchev–Trinajstić information content (AvgIpc) is 2.61. The van der Waals surface area contributed by atoms with Crippen LogP contribution in [0.25, 0.3) is 0 Å². The third-order valence-electron chi connectivity index (χ3n) is 4.16. The number of aliphatic hydroxyl groups is 1. The molecule has 2 unspecified atom stereocenters. The minimum atomic E-state index is -3.85. The van der Waals surface area contributed by atoms with Crippen molar-refractivity contribution in [2.24, 2.45) is 0 Å². The van der Waals surface area contributed by atoms with Crippen LogP contribution < -0.4 is 0 Å². The van der Waals surface area contributed by atoms with E-state index in [1.54, 1.807) is 18.2 Å². The van der Waals surface area contributed by atoms with E-state index in [1.807, 2.05) is 0 Å². The number of aromatic nitrogens is 1. The van der Waals surface area contributed by atoms with Crippen molar-refractivity contribution in [3.05, 3.63) is 53.3 Å². The number of likely N-dealkylation sites (N-methyl/N-ethyl adjacent to an activating group) is 1. The summed E-state index contributed by atoms with van der Waals surface area (Å²) in [7, 11) is -0.847. The number of halogens is 2. The van der Waals surface area contributed by atoms with E-state index >= 15 is 0 Å². The molecule has 2 aromatic rings. The molecule has 0 saturated heterocycles. The third-order valence-corrected chi connectivity index (χ3v) is 8.53. The van der Waals surface area contributed by atoms with Crippen molar-refractivity contribution in [3.63, 3.8) is 0 Å². The van der Waals surface area contributed by atoms with Gasteiger partial charge in [-0.25, -0.2) is 8.87 Å². The van der Waals surface area contributed by atoms with E-state index in [4.69, 9.17) is 11.6 Å². The van der Waals surface area contributed by atoms with E-state index in [9.17, 15) is 18.1 Å². The van der Waals surface area contributed by atoms with Gasteiger partial charge in [0.1, 0.15) is 22.8 Å². The Hall–Kier alpha value is -0.680. The predicted molar refractivity (Wildman–Crippen MR) is 110 cm³/mol. The fourth-order valence-electron chi connectivity index (χ4n) is 2.66. The first-order valence-corrected chi connectivity index (χ1v) is 12.4. The van der Waals surface area contributed by atoms with Gasteiger partial charge in [0.05, 0.1) is 19.8 Å². The molecule has 0 spiro atoms. The van der Waals surface area contributed by atoms with E-state index in [0.717, 1.165) is 0 Å². The molecule has 0 aliphatic heterocycles. The van der Waals surface area contributed by atoms with Crippen LogP contribution in [0.1, 0.15) is 5.69 Å². The minimum absolute atomic E-state index is 0.0812. The second-order valence-corrected chi connectivity index (χ2v) is 11.4. The lowest BCUT2D eigenvalue weighted by molar-refractivity contribution is -0.772. The normalized spacial score (nSPS) is 16.0. The van der Waals surface area contributed by atoms with Crippen molar-refractivity contribution in [2.45, 2.75) is 15.4 Å². The second-order valence-electron chi connectivity index (χ2n) is 6.64. The number of pyridine rings is 1. The van der Waals surface area contributed by atoms with Gasteiger partial charge in [-0.2, -0.15) is 8.42 Å². The highest BCUT2D eigenvalue weighted by Gasteiger charge is 2.44. The molecular formula is C17H21BrClN2O4S2+. The third kappa shape index (κ3) is 4.84. The summed E-state index contributed by atoms with van der Waals surface area (Å²) in [6, 6.07) is 10.7. The Morgan fingerprint density at radius 1 is 1.26 bits per heavy atom. The number of benzene rings is 1. The molecule has 1 aromatic heterocycles. The maximum absolute atomic E-state index is 13.2. The molecule has 10 heteroatoms. The number of hydrogen-bond donors (Lipinski definition) is 1. The van der Waals surface area contributed by atoms with Gasteiger partial charge < -0.3 is 9.66 Å². The Kier molecular flexibility index (Phi) is 7.00. The predicted octanol–water partition coefficient (Wildman–Crippen LogP) is 2.52. The highest BCUT2D eigenvalue weighted by Crippen LogP contribution is 2.30. The van der Waals surface area contributed by atoms with Gasteiger partial charge in [-0.1, -0.05) is 33.6 Å². The topological polar surface area (TPSA) is 90.3 Å². The lowest BCUT2D eigenvalue weighted by Crippen LogP contribution is -2.54. The molecule has 2 rings (SSSR count). The van der Waals surface area contributed by atoms with Crippen LogP contribution in [0.4, 0.5) is 0 Å². The lowest BCUT2D eigenvalue weighted by Gasteiger charge is -2.35. The van der Waals surface area contributed by atoms with Gasteiger partial charge in [-0.05, 0) is 47.6 Å². The lowest BCUT2D eigenvalue weighted by atomic mass is 10.0. The number of hydrogen-bond acceptors (Lipinski definition) is 5. The van der Waals surface area contributed by atoms with Crippen molar-refractivity contribution in [2.75, 3.05) is 32.2 Å². The first-order valence-electron chi connectivity index (χ1n) is 7.86. The second kappa shape index (κ2) is 8.36. The van der Waals surface area contributed by atoms with E-state index in [0.29, 0.717) is 4.90 Å². The van der Waals surface area contributed by atoms with Crippen LogP contribution in [0.15, 0.2) is 52.3 Å². The van der Waals surface area contributed by atoms with E-state index in [-0.39, 0.29) is 27.6 Å². The number of rotatable bonds is 7. The van der Waals surface area contributed by atoms with Crippen molar-refractivity contribution >= 4 is 48.7 Å². The standard InChI is InChI=1S/C17H21BrClN2O4S2/c1-21(2,12-17(22,11-18)15-5-4-6-16(19)20-15)27(24,25)14-9-7-13(8-10-14)26(3)23/h4-10,22H,11-12H2,1-3H3/q+1. The quantitative estimate of drug-likeness (QED) is 0.275. The SMILES string of the molecule is C[S+]([O-])c1ccc(S(=O)(=O)[N+](C)(C)CC(O)(CBr)c2cccc(Cl)n2)cc1. The molecule has 1 heterocycles. The molecule has 0 aliphatic carbocycles. The molecule has 0 fully saturated rings. The molecule has 0 radical (unpaired) electrons. The molecule has 2 atom stereocenters. The smallest absolute Gasteiger partial charge is 0.327 e. The molecule has 6 nitrogen and oxygen atoms in total. The highest BCUT2D eigenvalue weighted by molar-refractivity contribution is 9.09. The van der Waals surface area contributed by atoms with Gasteiger partial charge >= 0.3 is 10.0 Å². The fraction of sp³-hybridized carbons (Fsp3) is 0.353. The molecule has 1 N–H and O–H groups in total. The molecule has 148 valence electrons. The Morgan fingerprint density at radius 2 is 1.85 bits per heavy atom. The van der Waals surface area contributed by atoms with Gasteiger partial charge in [-0.3, -0.25) is 0 Å².